The van der Waals surface area contributed by atoms with E-state index in [-0.39, 0.29) is 18.4 Å². The first-order chi connectivity index (χ1) is 14.6. The van der Waals surface area contributed by atoms with Gasteiger partial charge < -0.3 is 19.3 Å². The predicted molar refractivity (Wildman–Crippen MR) is 116 cm³/mol. The normalized spacial score (nSPS) is 14.2. The standard InChI is InChI=1S/C23H27ClN2O4/c24-19-9-11-21(12-10-19)30-18-23(28)26-14-5-13-25(15-16-26)22(27)8-4-17-29-20-6-2-1-3-7-20/h1-3,6-7,9-12H,4-5,8,13-18H2. The van der Waals surface area contributed by atoms with Gasteiger partial charge in [-0.1, -0.05) is 29.8 Å². The van der Waals surface area contributed by atoms with Crippen LogP contribution in [-0.4, -0.2) is 61.0 Å². The first-order valence-corrected chi connectivity index (χ1v) is 10.6. The average Bonchev–Trinajstić information content (AvgIpc) is 3.03. The number of para-hydroxylation sites is 1. The summed E-state index contributed by atoms with van der Waals surface area (Å²) in [5.74, 6) is 1.46. The summed E-state index contributed by atoms with van der Waals surface area (Å²) >= 11 is 5.85. The van der Waals surface area contributed by atoms with Crippen molar-refractivity contribution in [1.29, 1.82) is 0 Å². The first kappa shape index (κ1) is 22.0. The third-order valence-corrected chi connectivity index (χ3v) is 5.18. The molecule has 0 N–H and O–H groups in total. The van der Waals surface area contributed by atoms with Crippen LogP contribution >= 0.6 is 11.6 Å². The molecule has 0 aliphatic carbocycles. The molecule has 1 fully saturated rings. The number of carbonyl (C=O) groups is 2. The summed E-state index contributed by atoms with van der Waals surface area (Å²) in [6.07, 6.45) is 1.88. The molecular weight excluding hydrogens is 404 g/mol. The van der Waals surface area contributed by atoms with Crippen molar-refractivity contribution in [2.24, 2.45) is 0 Å². The zero-order chi connectivity index (χ0) is 21.2. The third-order valence-electron chi connectivity index (χ3n) is 4.92. The zero-order valence-corrected chi connectivity index (χ0v) is 17.7. The van der Waals surface area contributed by atoms with Crippen molar-refractivity contribution in [3.05, 3.63) is 59.6 Å². The van der Waals surface area contributed by atoms with Gasteiger partial charge >= 0.3 is 0 Å². The van der Waals surface area contributed by atoms with E-state index in [9.17, 15) is 9.59 Å². The topological polar surface area (TPSA) is 59.1 Å². The summed E-state index contributed by atoms with van der Waals surface area (Å²) in [5, 5.41) is 0.623. The van der Waals surface area contributed by atoms with Crippen LogP contribution in [0.5, 0.6) is 11.5 Å². The minimum atomic E-state index is -0.0736. The highest BCUT2D eigenvalue weighted by Gasteiger charge is 2.22. The average molecular weight is 431 g/mol. The molecule has 2 amide bonds. The Hall–Kier alpha value is -2.73. The van der Waals surface area contributed by atoms with Crippen LogP contribution in [0.4, 0.5) is 0 Å². The molecule has 7 heteroatoms. The molecule has 1 saturated heterocycles. The number of nitrogens with zero attached hydrogens (tertiary/aromatic N) is 2. The summed E-state index contributed by atoms with van der Waals surface area (Å²) in [4.78, 5) is 28.6. The van der Waals surface area contributed by atoms with Crippen LogP contribution in [0.15, 0.2) is 54.6 Å². The van der Waals surface area contributed by atoms with Crippen LogP contribution in [0.3, 0.4) is 0 Å². The van der Waals surface area contributed by atoms with E-state index in [0.717, 1.165) is 12.2 Å². The molecule has 1 heterocycles. The van der Waals surface area contributed by atoms with E-state index in [0.29, 0.717) is 56.4 Å². The number of halogens is 1. The van der Waals surface area contributed by atoms with E-state index in [1.807, 2.05) is 35.2 Å². The fourth-order valence-corrected chi connectivity index (χ4v) is 3.40. The number of hydrogen-bond acceptors (Lipinski definition) is 4. The SMILES string of the molecule is O=C(CCCOc1ccccc1)N1CCCN(C(=O)COc2ccc(Cl)cc2)CC1. The van der Waals surface area contributed by atoms with Crippen molar-refractivity contribution in [1.82, 2.24) is 9.80 Å². The Morgan fingerprint density at radius 3 is 2.13 bits per heavy atom. The second-order valence-electron chi connectivity index (χ2n) is 7.12. The minimum absolute atomic E-state index is 0.0214. The van der Waals surface area contributed by atoms with Gasteiger partial charge in [-0.2, -0.15) is 0 Å². The molecule has 160 valence electrons. The van der Waals surface area contributed by atoms with Crippen LogP contribution in [0.1, 0.15) is 19.3 Å². The van der Waals surface area contributed by atoms with E-state index in [1.165, 1.54) is 0 Å². The lowest BCUT2D eigenvalue weighted by Gasteiger charge is -2.22. The van der Waals surface area contributed by atoms with Crippen LogP contribution in [0.2, 0.25) is 5.02 Å². The number of rotatable bonds is 8. The molecule has 0 unspecified atom stereocenters. The second-order valence-corrected chi connectivity index (χ2v) is 7.56. The smallest absolute Gasteiger partial charge is 0.260 e. The van der Waals surface area contributed by atoms with E-state index < -0.39 is 0 Å². The van der Waals surface area contributed by atoms with Crippen molar-refractivity contribution < 1.29 is 19.1 Å². The monoisotopic (exact) mass is 430 g/mol. The maximum absolute atomic E-state index is 12.5. The van der Waals surface area contributed by atoms with E-state index >= 15 is 0 Å². The quantitative estimate of drug-likeness (QED) is 0.600. The Morgan fingerprint density at radius 2 is 1.43 bits per heavy atom. The molecule has 0 saturated carbocycles. The summed E-state index contributed by atoms with van der Waals surface area (Å²) in [5.41, 5.74) is 0. The van der Waals surface area contributed by atoms with Crippen molar-refractivity contribution in [3.8, 4) is 11.5 Å². The summed E-state index contributed by atoms with van der Waals surface area (Å²) < 4.78 is 11.2. The number of hydrogen-bond donors (Lipinski definition) is 0. The molecule has 3 rings (SSSR count). The molecule has 30 heavy (non-hydrogen) atoms. The third kappa shape index (κ3) is 6.95. The largest absolute Gasteiger partial charge is 0.494 e. The molecule has 1 aliphatic heterocycles. The lowest BCUT2D eigenvalue weighted by atomic mass is 10.2. The highest BCUT2D eigenvalue weighted by molar-refractivity contribution is 6.30. The van der Waals surface area contributed by atoms with Crippen LogP contribution in [0, 0.1) is 0 Å². The van der Waals surface area contributed by atoms with Crippen molar-refractivity contribution in [2.45, 2.75) is 19.3 Å². The fourth-order valence-electron chi connectivity index (χ4n) is 3.27. The summed E-state index contributed by atoms with van der Waals surface area (Å²) in [7, 11) is 0. The number of ether oxygens (including phenoxy) is 2. The maximum atomic E-state index is 12.5. The molecule has 0 aromatic heterocycles. The number of benzene rings is 2. The second kappa shape index (κ2) is 11.5. The van der Waals surface area contributed by atoms with Crippen LogP contribution in [-0.2, 0) is 9.59 Å². The Balaban J connectivity index is 1.36. The van der Waals surface area contributed by atoms with Gasteiger partial charge in [0, 0.05) is 37.6 Å². The Morgan fingerprint density at radius 1 is 0.800 bits per heavy atom. The molecular formula is C23H27ClN2O4. The van der Waals surface area contributed by atoms with E-state index in [2.05, 4.69) is 0 Å². The Labute approximate surface area is 182 Å². The summed E-state index contributed by atoms with van der Waals surface area (Å²) in [6.45, 7) is 2.85. The van der Waals surface area contributed by atoms with Crippen LogP contribution < -0.4 is 9.47 Å². The number of carbonyl (C=O) groups excluding carboxylic acids is 2. The molecule has 2 aromatic carbocycles. The van der Waals surface area contributed by atoms with Gasteiger partial charge in [-0.05, 0) is 49.2 Å². The zero-order valence-electron chi connectivity index (χ0n) is 17.0. The van der Waals surface area contributed by atoms with Gasteiger partial charge in [0.05, 0.1) is 6.61 Å². The minimum Gasteiger partial charge on any atom is -0.494 e. The molecule has 0 radical (unpaired) electrons. The van der Waals surface area contributed by atoms with Gasteiger partial charge in [-0.25, -0.2) is 0 Å². The summed E-state index contributed by atoms with van der Waals surface area (Å²) in [6, 6.07) is 16.5. The number of amides is 2. The molecule has 6 nitrogen and oxygen atoms in total. The van der Waals surface area contributed by atoms with Crippen molar-refractivity contribution in [3.63, 3.8) is 0 Å². The van der Waals surface area contributed by atoms with E-state index in [4.69, 9.17) is 21.1 Å². The highest BCUT2D eigenvalue weighted by atomic mass is 35.5. The fraction of sp³-hybridized carbons (Fsp3) is 0.391. The van der Waals surface area contributed by atoms with Gasteiger partial charge in [0.15, 0.2) is 6.61 Å². The Kier molecular flexibility index (Phi) is 8.39. The highest BCUT2D eigenvalue weighted by Crippen LogP contribution is 2.16. The maximum Gasteiger partial charge on any atom is 0.260 e. The first-order valence-electron chi connectivity index (χ1n) is 10.2. The van der Waals surface area contributed by atoms with Crippen LogP contribution in [0.25, 0.3) is 0 Å². The van der Waals surface area contributed by atoms with Crippen molar-refractivity contribution in [2.75, 3.05) is 39.4 Å². The van der Waals surface area contributed by atoms with Gasteiger partial charge in [0.1, 0.15) is 11.5 Å². The van der Waals surface area contributed by atoms with Gasteiger partial charge in [-0.15, -0.1) is 0 Å². The molecule has 0 spiro atoms. The van der Waals surface area contributed by atoms with E-state index in [1.54, 1.807) is 29.2 Å². The lowest BCUT2D eigenvalue weighted by Crippen LogP contribution is -2.39. The predicted octanol–water partition coefficient (Wildman–Crippen LogP) is 3.64. The van der Waals surface area contributed by atoms with Gasteiger partial charge in [0.2, 0.25) is 5.91 Å². The van der Waals surface area contributed by atoms with Gasteiger partial charge in [0.25, 0.3) is 5.91 Å². The lowest BCUT2D eigenvalue weighted by molar-refractivity contribution is -0.134. The Bertz CT molecular complexity index is 814. The molecule has 0 atom stereocenters. The molecule has 0 bridgehead atoms. The molecule has 2 aromatic rings. The van der Waals surface area contributed by atoms with Crippen molar-refractivity contribution >= 4 is 23.4 Å². The molecule has 1 aliphatic rings. The van der Waals surface area contributed by atoms with Gasteiger partial charge in [-0.3, -0.25) is 9.59 Å².